The highest BCUT2D eigenvalue weighted by Crippen LogP contribution is 2.13. The van der Waals surface area contributed by atoms with Gasteiger partial charge in [-0.15, -0.1) is 0 Å². The van der Waals surface area contributed by atoms with Crippen LogP contribution in [0, 0.1) is 0 Å². The highest BCUT2D eigenvalue weighted by Gasteiger charge is 2.15. The number of hydrogen-bond acceptors (Lipinski definition) is 2. The second kappa shape index (κ2) is 4.57. The van der Waals surface area contributed by atoms with Gasteiger partial charge in [0.15, 0.2) is 0 Å². The lowest BCUT2D eigenvalue weighted by Crippen LogP contribution is -2.25. The average molecular weight is 267 g/mol. The van der Waals surface area contributed by atoms with Gasteiger partial charge >= 0.3 is 0 Å². The van der Waals surface area contributed by atoms with Gasteiger partial charge in [-0.05, 0) is 17.7 Å². The lowest BCUT2D eigenvalue weighted by atomic mass is 10.1. The quantitative estimate of drug-likeness (QED) is 0.808. The molecule has 0 fully saturated rings. The number of hydrogen-bond donors (Lipinski definition) is 0. The van der Waals surface area contributed by atoms with Crippen LogP contribution in [0.15, 0.2) is 33.8 Å². The van der Waals surface area contributed by atoms with Crippen molar-refractivity contribution >= 4 is 28.1 Å². The van der Waals surface area contributed by atoms with Crippen LogP contribution < -0.4 is 0 Å². The Morgan fingerprint density at radius 3 is 3.07 bits per heavy atom. The van der Waals surface area contributed by atoms with Gasteiger partial charge in [0, 0.05) is 23.7 Å². The standard InChI is InChI=1S/C11H11BrN2O/c12-10-4-1-3-9(7-10)8-11(15)14-6-2-5-13-14/h1,3-5,7H,2,6,8H2. The van der Waals surface area contributed by atoms with E-state index in [9.17, 15) is 4.79 Å². The molecule has 1 aromatic carbocycles. The molecule has 1 amide bonds. The molecule has 15 heavy (non-hydrogen) atoms. The number of amides is 1. The number of carbonyl (C=O) groups is 1. The third-order valence-corrected chi connectivity index (χ3v) is 2.72. The van der Waals surface area contributed by atoms with Crippen molar-refractivity contribution in [1.29, 1.82) is 0 Å². The summed E-state index contributed by atoms with van der Waals surface area (Å²) in [6, 6.07) is 7.78. The first-order valence-corrected chi connectivity index (χ1v) is 5.62. The van der Waals surface area contributed by atoms with Crippen LogP contribution in [0.1, 0.15) is 12.0 Å². The van der Waals surface area contributed by atoms with Gasteiger partial charge in [-0.2, -0.15) is 5.10 Å². The van der Waals surface area contributed by atoms with Crippen molar-refractivity contribution in [2.45, 2.75) is 12.8 Å². The van der Waals surface area contributed by atoms with Gasteiger partial charge in [0.1, 0.15) is 0 Å². The van der Waals surface area contributed by atoms with E-state index >= 15 is 0 Å². The third-order valence-electron chi connectivity index (χ3n) is 2.22. The minimum atomic E-state index is 0.0573. The number of nitrogens with zero attached hydrogens (tertiary/aromatic N) is 2. The van der Waals surface area contributed by atoms with E-state index in [4.69, 9.17) is 0 Å². The summed E-state index contributed by atoms with van der Waals surface area (Å²) in [5.74, 6) is 0.0573. The van der Waals surface area contributed by atoms with Gasteiger partial charge < -0.3 is 0 Å². The SMILES string of the molecule is O=C(Cc1cccc(Br)c1)N1CCC=N1. The van der Waals surface area contributed by atoms with Crippen molar-refractivity contribution in [3.05, 3.63) is 34.3 Å². The molecule has 2 rings (SSSR count). The van der Waals surface area contributed by atoms with Crippen molar-refractivity contribution in [2.75, 3.05) is 6.54 Å². The Hall–Kier alpha value is -1.16. The summed E-state index contributed by atoms with van der Waals surface area (Å²) >= 11 is 3.38. The first-order valence-electron chi connectivity index (χ1n) is 4.83. The summed E-state index contributed by atoms with van der Waals surface area (Å²) in [6.45, 7) is 0.715. The smallest absolute Gasteiger partial charge is 0.247 e. The van der Waals surface area contributed by atoms with Crippen LogP contribution in [-0.2, 0) is 11.2 Å². The maximum Gasteiger partial charge on any atom is 0.247 e. The van der Waals surface area contributed by atoms with Crippen LogP contribution in [0.5, 0.6) is 0 Å². The summed E-state index contributed by atoms with van der Waals surface area (Å²) in [5, 5.41) is 5.53. The molecule has 1 aromatic rings. The Morgan fingerprint density at radius 2 is 2.40 bits per heavy atom. The fraction of sp³-hybridized carbons (Fsp3) is 0.273. The number of halogens is 1. The molecule has 0 aromatic heterocycles. The van der Waals surface area contributed by atoms with E-state index in [1.807, 2.05) is 24.3 Å². The molecule has 0 radical (unpaired) electrons. The lowest BCUT2D eigenvalue weighted by molar-refractivity contribution is -0.130. The van der Waals surface area contributed by atoms with E-state index in [0.717, 1.165) is 16.5 Å². The fourth-order valence-electron chi connectivity index (χ4n) is 1.50. The van der Waals surface area contributed by atoms with Gasteiger partial charge in [-0.1, -0.05) is 28.1 Å². The molecule has 1 heterocycles. The summed E-state index contributed by atoms with van der Waals surface area (Å²) in [5.41, 5.74) is 1.01. The van der Waals surface area contributed by atoms with E-state index < -0.39 is 0 Å². The minimum absolute atomic E-state index is 0.0573. The van der Waals surface area contributed by atoms with Gasteiger partial charge in [-0.3, -0.25) is 4.79 Å². The van der Waals surface area contributed by atoms with Crippen LogP contribution in [0.3, 0.4) is 0 Å². The zero-order valence-electron chi connectivity index (χ0n) is 8.19. The van der Waals surface area contributed by atoms with Gasteiger partial charge in [0.25, 0.3) is 0 Å². The van der Waals surface area contributed by atoms with Gasteiger partial charge in [0.2, 0.25) is 5.91 Å². The molecular formula is C11H11BrN2O. The van der Waals surface area contributed by atoms with Crippen molar-refractivity contribution in [3.8, 4) is 0 Å². The first-order chi connectivity index (χ1) is 7.25. The second-order valence-electron chi connectivity index (χ2n) is 3.41. The molecule has 0 saturated heterocycles. The van der Waals surface area contributed by atoms with Crippen LogP contribution in [0.2, 0.25) is 0 Å². The van der Waals surface area contributed by atoms with E-state index in [1.165, 1.54) is 5.01 Å². The molecule has 0 saturated carbocycles. The van der Waals surface area contributed by atoms with Crippen LogP contribution >= 0.6 is 15.9 Å². The molecule has 78 valence electrons. The molecule has 0 spiro atoms. The summed E-state index contributed by atoms with van der Waals surface area (Å²) < 4.78 is 0.998. The van der Waals surface area contributed by atoms with Crippen molar-refractivity contribution in [2.24, 2.45) is 5.10 Å². The molecule has 1 aliphatic heterocycles. The number of hydrazone groups is 1. The van der Waals surface area contributed by atoms with Gasteiger partial charge in [-0.25, -0.2) is 5.01 Å². The lowest BCUT2D eigenvalue weighted by Gasteiger charge is -2.11. The molecule has 0 aliphatic carbocycles. The third kappa shape index (κ3) is 2.65. The van der Waals surface area contributed by atoms with E-state index in [2.05, 4.69) is 21.0 Å². The van der Waals surface area contributed by atoms with Gasteiger partial charge in [0.05, 0.1) is 6.42 Å². The minimum Gasteiger partial charge on any atom is -0.273 e. The predicted molar refractivity (Wildman–Crippen MR) is 62.7 cm³/mol. The zero-order valence-corrected chi connectivity index (χ0v) is 9.77. The average Bonchev–Trinajstić information content (AvgIpc) is 2.70. The Labute approximate surface area is 96.9 Å². The molecule has 4 heteroatoms. The van der Waals surface area contributed by atoms with Crippen molar-refractivity contribution in [1.82, 2.24) is 5.01 Å². The molecule has 1 aliphatic rings. The number of rotatable bonds is 2. The van der Waals surface area contributed by atoms with Crippen LogP contribution in [0.25, 0.3) is 0 Å². The number of carbonyl (C=O) groups excluding carboxylic acids is 1. The maximum atomic E-state index is 11.7. The molecule has 0 bridgehead atoms. The first kappa shape index (κ1) is 10.4. The molecule has 0 unspecified atom stereocenters. The molecule has 3 nitrogen and oxygen atoms in total. The van der Waals surface area contributed by atoms with Crippen LogP contribution in [-0.4, -0.2) is 23.7 Å². The fourth-order valence-corrected chi connectivity index (χ4v) is 1.94. The second-order valence-corrected chi connectivity index (χ2v) is 4.33. The molecule has 0 atom stereocenters. The molecular weight excluding hydrogens is 256 g/mol. The van der Waals surface area contributed by atoms with E-state index in [0.29, 0.717) is 13.0 Å². The predicted octanol–water partition coefficient (Wildman–Crippen LogP) is 2.21. The Morgan fingerprint density at radius 1 is 1.53 bits per heavy atom. The maximum absolute atomic E-state index is 11.7. The molecule has 0 N–H and O–H groups in total. The summed E-state index contributed by atoms with van der Waals surface area (Å²) in [6.07, 6.45) is 3.06. The Bertz CT molecular complexity index is 403. The highest BCUT2D eigenvalue weighted by atomic mass is 79.9. The summed E-state index contributed by atoms with van der Waals surface area (Å²) in [7, 11) is 0. The van der Waals surface area contributed by atoms with E-state index in [1.54, 1.807) is 6.21 Å². The largest absolute Gasteiger partial charge is 0.273 e. The highest BCUT2D eigenvalue weighted by molar-refractivity contribution is 9.10. The monoisotopic (exact) mass is 266 g/mol. The van der Waals surface area contributed by atoms with Crippen molar-refractivity contribution < 1.29 is 4.79 Å². The Kier molecular flexibility index (Phi) is 3.16. The van der Waals surface area contributed by atoms with E-state index in [-0.39, 0.29) is 5.91 Å². The normalized spacial score (nSPS) is 14.6. The number of benzene rings is 1. The topological polar surface area (TPSA) is 32.7 Å². The van der Waals surface area contributed by atoms with Crippen molar-refractivity contribution in [3.63, 3.8) is 0 Å². The summed E-state index contributed by atoms with van der Waals surface area (Å²) in [4.78, 5) is 11.7. The van der Waals surface area contributed by atoms with Crippen LogP contribution in [0.4, 0.5) is 0 Å². The Balaban J connectivity index is 2.02. The zero-order chi connectivity index (χ0) is 10.7.